The molecule has 0 N–H and O–H groups in total. The molecule has 0 aromatic heterocycles. The van der Waals surface area contributed by atoms with Crippen LogP contribution in [0.15, 0.2) is 48.6 Å². The van der Waals surface area contributed by atoms with Gasteiger partial charge < -0.3 is 14.2 Å². The fourth-order valence-corrected chi connectivity index (χ4v) is 7.68. The topological polar surface area (TPSA) is 78.9 Å². The van der Waals surface area contributed by atoms with Crippen LogP contribution in [0.25, 0.3) is 0 Å². The smallest absolute Gasteiger partial charge is 0.306 e. The zero-order valence-electron chi connectivity index (χ0n) is 41.8. The summed E-state index contributed by atoms with van der Waals surface area (Å²) in [6.07, 6.45) is 62.3. The highest BCUT2D eigenvalue weighted by molar-refractivity contribution is 5.71. The predicted octanol–water partition coefficient (Wildman–Crippen LogP) is 17.9. The van der Waals surface area contributed by atoms with Crippen molar-refractivity contribution in [2.24, 2.45) is 0 Å². The van der Waals surface area contributed by atoms with Crippen molar-refractivity contribution in [2.75, 3.05) is 13.2 Å². The summed E-state index contributed by atoms with van der Waals surface area (Å²) in [6.45, 7) is 6.59. The molecule has 0 bridgehead atoms. The predicted molar refractivity (Wildman–Crippen MR) is 270 cm³/mol. The Bertz CT molecular complexity index is 1110. The summed E-state index contributed by atoms with van der Waals surface area (Å²) < 4.78 is 16.8. The highest BCUT2D eigenvalue weighted by atomic mass is 16.6. The highest BCUT2D eigenvalue weighted by Crippen LogP contribution is 2.15. The summed E-state index contributed by atoms with van der Waals surface area (Å²) in [6, 6.07) is 0. The summed E-state index contributed by atoms with van der Waals surface area (Å²) in [7, 11) is 0. The van der Waals surface area contributed by atoms with Crippen LogP contribution in [0.5, 0.6) is 0 Å². The molecule has 0 rings (SSSR count). The molecule has 6 nitrogen and oxygen atoms in total. The molecule has 0 aliphatic heterocycles. The summed E-state index contributed by atoms with van der Waals surface area (Å²) in [5.74, 6) is -0.902. The average Bonchev–Trinajstić information content (AvgIpc) is 3.28. The zero-order chi connectivity index (χ0) is 45.8. The molecule has 0 aliphatic rings. The van der Waals surface area contributed by atoms with E-state index in [0.29, 0.717) is 19.3 Å². The Morgan fingerprint density at radius 3 is 0.952 bits per heavy atom. The third kappa shape index (κ3) is 50.2. The van der Waals surface area contributed by atoms with Gasteiger partial charge in [-0.1, -0.05) is 223 Å². The Hall–Kier alpha value is -2.63. The minimum Gasteiger partial charge on any atom is -0.462 e. The van der Waals surface area contributed by atoms with Crippen molar-refractivity contribution in [3.63, 3.8) is 0 Å². The van der Waals surface area contributed by atoms with E-state index in [9.17, 15) is 14.4 Å². The molecule has 0 amide bonds. The molecule has 1 atom stereocenters. The molecule has 0 radical (unpaired) electrons. The minimum atomic E-state index is -0.782. The van der Waals surface area contributed by atoms with Gasteiger partial charge in [0.2, 0.25) is 0 Å². The van der Waals surface area contributed by atoms with Gasteiger partial charge in [0.05, 0.1) is 0 Å². The van der Waals surface area contributed by atoms with Gasteiger partial charge in [-0.15, -0.1) is 0 Å². The van der Waals surface area contributed by atoms with E-state index in [-0.39, 0.29) is 31.1 Å². The average molecular weight is 883 g/mol. The molecule has 0 spiro atoms. The second-order valence-electron chi connectivity index (χ2n) is 18.1. The van der Waals surface area contributed by atoms with Crippen LogP contribution in [0.3, 0.4) is 0 Å². The Kier molecular flexibility index (Phi) is 49.8. The molecule has 63 heavy (non-hydrogen) atoms. The van der Waals surface area contributed by atoms with E-state index in [1.807, 2.05) is 0 Å². The number of ether oxygens (including phenoxy) is 3. The van der Waals surface area contributed by atoms with Crippen LogP contribution in [-0.2, 0) is 28.6 Å². The van der Waals surface area contributed by atoms with Crippen LogP contribution in [0.4, 0.5) is 0 Å². The number of carbonyl (C=O) groups is 3. The maximum Gasteiger partial charge on any atom is 0.306 e. The van der Waals surface area contributed by atoms with E-state index < -0.39 is 6.10 Å². The normalized spacial score (nSPS) is 12.4. The second-order valence-corrected chi connectivity index (χ2v) is 18.1. The van der Waals surface area contributed by atoms with Gasteiger partial charge in [-0.05, 0) is 83.5 Å². The summed E-state index contributed by atoms with van der Waals surface area (Å²) in [5, 5.41) is 0. The molecule has 0 unspecified atom stereocenters. The summed E-state index contributed by atoms with van der Waals surface area (Å²) >= 11 is 0. The van der Waals surface area contributed by atoms with Gasteiger partial charge in [0.15, 0.2) is 6.10 Å². The number of unbranched alkanes of at least 4 members (excludes halogenated alkanes) is 30. The van der Waals surface area contributed by atoms with Gasteiger partial charge in [0.25, 0.3) is 0 Å². The van der Waals surface area contributed by atoms with Crippen LogP contribution >= 0.6 is 0 Å². The third-order valence-corrected chi connectivity index (χ3v) is 11.8. The Labute approximate surface area is 390 Å². The van der Waals surface area contributed by atoms with Crippen LogP contribution in [0.1, 0.15) is 278 Å². The van der Waals surface area contributed by atoms with Gasteiger partial charge in [0, 0.05) is 19.3 Å². The van der Waals surface area contributed by atoms with E-state index in [2.05, 4.69) is 69.4 Å². The quantitative estimate of drug-likeness (QED) is 0.0262. The molecule has 0 fully saturated rings. The van der Waals surface area contributed by atoms with Crippen LogP contribution in [-0.4, -0.2) is 37.2 Å². The van der Waals surface area contributed by atoms with Crippen molar-refractivity contribution in [3.05, 3.63) is 48.6 Å². The standard InChI is InChI=1S/C57H102O6/c1-4-7-10-13-16-19-22-25-27-28-30-32-35-38-41-44-47-50-56(59)62-53-54(52-61-55(58)49-46-43-40-37-34-31-24-21-18-15-12-9-6-3)63-57(60)51-48-45-42-39-36-33-29-26-23-20-17-14-11-8-5-2/h16,19,21,24-25,27,30,32,54H,4-15,17-18,20,22-23,26,28-29,31,33-53H2,1-3H3/b19-16+,24-21+,27-25+,32-30+/t54-/m1/s1. The summed E-state index contributed by atoms with van der Waals surface area (Å²) in [4.78, 5) is 38.0. The molecule has 366 valence electrons. The third-order valence-electron chi connectivity index (χ3n) is 11.8. The van der Waals surface area contributed by atoms with Gasteiger partial charge in [-0.25, -0.2) is 0 Å². The molecule has 0 saturated heterocycles. The highest BCUT2D eigenvalue weighted by Gasteiger charge is 2.19. The first-order valence-electron chi connectivity index (χ1n) is 27.1. The fraction of sp³-hybridized carbons (Fsp3) is 0.807. The first-order chi connectivity index (χ1) is 31.0. The van der Waals surface area contributed by atoms with E-state index in [1.54, 1.807) is 0 Å². The van der Waals surface area contributed by atoms with Crippen LogP contribution < -0.4 is 0 Å². The lowest BCUT2D eigenvalue weighted by Crippen LogP contribution is -2.30. The molecule has 0 aromatic carbocycles. The number of hydrogen-bond donors (Lipinski definition) is 0. The zero-order valence-corrected chi connectivity index (χ0v) is 41.8. The number of rotatable bonds is 49. The molecule has 6 heteroatoms. The maximum atomic E-state index is 12.8. The molecule has 0 aromatic rings. The molecular formula is C57H102O6. The number of carbonyl (C=O) groups excluding carboxylic acids is 3. The molecule has 0 saturated carbocycles. The number of hydrogen-bond acceptors (Lipinski definition) is 6. The first kappa shape index (κ1) is 60.4. The lowest BCUT2D eigenvalue weighted by atomic mass is 10.0. The minimum absolute atomic E-state index is 0.0824. The van der Waals surface area contributed by atoms with Crippen molar-refractivity contribution in [2.45, 2.75) is 284 Å². The second kappa shape index (κ2) is 52.0. The van der Waals surface area contributed by atoms with Crippen LogP contribution in [0, 0.1) is 0 Å². The lowest BCUT2D eigenvalue weighted by Gasteiger charge is -2.18. The SMILES string of the molecule is CCCCC/C=C/C/C=C/C/C=C/CCCCCCC(=O)OC[C@@H](COC(=O)CCCCCCC/C=C/CCCCCC)OC(=O)CCCCCCCCCCCCCCCCC. The van der Waals surface area contributed by atoms with Crippen LogP contribution in [0.2, 0.25) is 0 Å². The van der Waals surface area contributed by atoms with Crippen molar-refractivity contribution >= 4 is 17.9 Å². The molecular weight excluding hydrogens is 781 g/mol. The van der Waals surface area contributed by atoms with E-state index in [1.165, 1.54) is 148 Å². The Balaban J connectivity index is 4.40. The largest absolute Gasteiger partial charge is 0.462 e. The Morgan fingerprint density at radius 1 is 0.317 bits per heavy atom. The first-order valence-corrected chi connectivity index (χ1v) is 27.1. The monoisotopic (exact) mass is 883 g/mol. The van der Waals surface area contributed by atoms with E-state index in [0.717, 1.165) is 89.9 Å². The summed E-state index contributed by atoms with van der Waals surface area (Å²) in [5.41, 5.74) is 0. The van der Waals surface area contributed by atoms with Crippen molar-refractivity contribution in [1.29, 1.82) is 0 Å². The maximum absolute atomic E-state index is 12.8. The fourth-order valence-electron chi connectivity index (χ4n) is 7.68. The van der Waals surface area contributed by atoms with Crippen molar-refractivity contribution in [3.8, 4) is 0 Å². The number of allylic oxidation sites excluding steroid dienone is 8. The molecule has 0 heterocycles. The van der Waals surface area contributed by atoms with Crippen molar-refractivity contribution < 1.29 is 28.6 Å². The van der Waals surface area contributed by atoms with Gasteiger partial charge in [-0.3, -0.25) is 14.4 Å². The van der Waals surface area contributed by atoms with Crippen molar-refractivity contribution in [1.82, 2.24) is 0 Å². The Morgan fingerprint density at radius 2 is 0.571 bits per heavy atom. The van der Waals surface area contributed by atoms with E-state index in [4.69, 9.17) is 14.2 Å². The van der Waals surface area contributed by atoms with E-state index >= 15 is 0 Å². The van der Waals surface area contributed by atoms with Gasteiger partial charge >= 0.3 is 17.9 Å². The van der Waals surface area contributed by atoms with Gasteiger partial charge in [-0.2, -0.15) is 0 Å². The molecule has 0 aliphatic carbocycles. The number of esters is 3. The lowest BCUT2D eigenvalue weighted by molar-refractivity contribution is -0.167. The van der Waals surface area contributed by atoms with Gasteiger partial charge in [0.1, 0.15) is 13.2 Å².